The van der Waals surface area contributed by atoms with E-state index in [-0.39, 0.29) is 12.3 Å². The molecule has 0 saturated carbocycles. The molecule has 1 saturated heterocycles. The fourth-order valence-corrected chi connectivity index (χ4v) is 2.14. The van der Waals surface area contributed by atoms with Gasteiger partial charge in [0.05, 0.1) is 6.54 Å². The number of aliphatic carboxylic acids is 1. The Morgan fingerprint density at radius 2 is 2.25 bits per heavy atom. The molecule has 92 valence electrons. The quantitative estimate of drug-likeness (QED) is 0.710. The molecule has 1 fully saturated rings. The Kier molecular flexibility index (Phi) is 5.25. The second kappa shape index (κ2) is 6.48. The summed E-state index contributed by atoms with van der Waals surface area (Å²) in [6, 6.07) is 0. The zero-order valence-electron chi connectivity index (χ0n) is 9.74. The standard InChI is InChI=1S/C11H20N2O3/c1-12-10(14)8-13-6-2-3-9(7-13)4-5-11(15)16/h9H,2-8H2,1H3,(H,12,14)(H,15,16). The van der Waals surface area contributed by atoms with Gasteiger partial charge in [-0.3, -0.25) is 14.5 Å². The number of nitrogens with zero attached hydrogens (tertiary/aromatic N) is 1. The van der Waals surface area contributed by atoms with Crippen molar-refractivity contribution >= 4 is 11.9 Å². The van der Waals surface area contributed by atoms with Crippen molar-refractivity contribution in [2.45, 2.75) is 25.7 Å². The van der Waals surface area contributed by atoms with Crippen molar-refractivity contribution in [3.05, 3.63) is 0 Å². The fraction of sp³-hybridized carbons (Fsp3) is 0.818. The molecule has 1 heterocycles. The van der Waals surface area contributed by atoms with Gasteiger partial charge < -0.3 is 10.4 Å². The van der Waals surface area contributed by atoms with Gasteiger partial charge in [0.25, 0.3) is 0 Å². The third-order valence-electron chi connectivity index (χ3n) is 3.02. The highest BCUT2D eigenvalue weighted by Gasteiger charge is 2.21. The highest BCUT2D eigenvalue weighted by Crippen LogP contribution is 2.20. The second-order valence-corrected chi connectivity index (χ2v) is 4.35. The first-order valence-corrected chi connectivity index (χ1v) is 5.76. The molecule has 0 radical (unpaired) electrons. The van der Waals surface area contributed by atoms with Crippen molar-refractivity contribution in [3.8, 4) is 0 Å². The lowest BCUT2D eigenvalue weighted by Crippen LogP contribution is -2.41. The zero-order valence-corrected chi connectivity index (χ0v) is 9.74. The van der Waals surface area contributed by atoms with E-state index >= 15 is 0 Å². The van der Waals surface area contributed by atoms with Crippen LogP contribution >= 0.6 is 0 Å². The summed E-state index contributed by atoms with van der Waals surface area (Å²) in [5.41, 5.74) is 0. The number of rotatable bonds is 5. The van der Waals surface area contributed by atoms with Gasteiger partial charge in [0, 0.05) is 20.0 Å². The molecule has 1 aliphatic rings. The zero-order chi connectivity index (χ0) is 12.0. The van der Waals surface area contributed by atoms with Gasteiger partial charge in [-0.25, -0.2) is 0 Å². The molecule has 1 amide bonds. The number of carboxylic acid groups (broad SMARTS) is 1. The van der Waals surface area contributed by atoms with Gasteiger partial charge in [-0.1, -0.05) is 0 Å². The lowest BCUT2D eigenvalue weighted by molar-refractivity contribution is -0.137. The molecule has 1 atom stereocenters. The van der Waals surface area contributed by atoms with Crippen LogP contribution < -0.4 is 5.32 Å². The van der Waals surface area contributed by atoms with Gasteiger partial charge in [0.1, 0.15) is 0 Å². The maximum atomic E-state index is 11.2. The first-order chi connectivity index (χ1) is 7.61. The van der Waals surface area contributed by atoms with Gasteiger partial charge in [0.15, 0.2) is 0 Å². The van der Waals surface area contributed by atoms with Crippen molar-refractivity contribution < 1.29 is 14.7 Å². The number of carboxylic acids is 1. The molecule has 1 rings (SSSR count). The minimum atomic E-state index is -0.733. The predicted molar refractivity (Wildman–Crippen MR) is 60.1 cm³/mol. The molecule has 0 aromatic heterocycles. The summed E-state index contributed by atoms with van der Waals surface area (Å²) in [6.07, 6.45) is 3.09. The van der Waals surface area contributed by atoms with Crippen molar-refractivity contribution in [1.29, 1.82) is 0 Å². The van der Waals surface area contributed by atoms with E-state index in [1.54, 1.807) is 7.05 Å². The number of likely N-dealkylation sites (N-methyl/N-ethyl adjacent to an activating group) is 1. The molecule has 0 aromatic rings. The number of carbonyl (C=O) groups is 2. The molecule has 1 unspecified atom stereocenters. The lowest BCUT2D eigenvalue weighted by atomic mass is 9.93. The molecule has 5 nitrogen and oxygen atoms in total. The number of hydrogen-bond acceptors (Lipinski definition) is 3. The molecular weight excluding hydrogens is 208 g/mol. The monoisotopic (exact) mass is 228 g/mol. The van der Waals surface area contributed by atoms with E-state index in [1.807, 2.05) is 0 Å². The highest BCUT2D eigenvalue weighted by molar-refractivity contribution is 5.77. The van der Waals surface area contributed by atoms with Crippen LogP contribution in [0.5, 0.6) is 0 Å². The van der Waals surface area contributed by atoms with Crippen LogP contribution in [0.3, 0.4) is 0 Å². The molecule has 1 aliphatic heterocycles. The van der Waals surface area contributed by atoms with Gasteiger partial charge >= 0.3 is 5.97 Å². The van der Waals surface area contributed by atoms with E-state index in [1.165, 1.54) is 0 Å². The summed E-state index contributed by atoms with van der Waals surface area (Å²) in [7, 11) is 1.63. The third kappa shape index (κ3) is 4.61. The Hall–Kier alpha value is -1.10. The topological polar surface area (TPSA) is 69.6 Å². The van der Waals surface area contributed by atoms with E-state index in [9.17, 15) is 9.59 Å². The van der Waals surface area contributed by atoms with Crippen LogP contribution in [0.15, 0.2) is 0 Å². The lowest BCUT2D eigenvalue weighted by Gasteiger charge is -2.31. The number of piperidine rings is 1. The molecule has 2 N–H and O–H groups in total. The number of likely N-dealkylation sites (tertiary alicyclic amines) is 1. The normalized spacial score (nSPS) is 21.7. The molecule has 0 aliphatic carbocycles. The maximum Gasteiger partial charge on any atom is 0.303 e. The van der Waals surface area contributed by atoms with E-state index in [0.29, 0.717) is 12.5 Å². The van der Waals surface area contributed by atoms with Crippen LogP contribution in [0.2, 0.25) is 0 Å². The SMILES string of the molecule is CNC(=O)CN1CCCC(CCC(=O)O)C1. The third-order valence-corrected chi connectivity index (χ3v) is 3.02. The van der Waals surface area contributed by atoms with Gasteiger partial charge in [-0.2, -0.15) is 0 Å². The maximum absolute atomic E-state index is 11.2. The Morgan fingerprint density at radius 1 is 1.50 bits per heavy atom. The van der Waals surface area contributed by atoms with Crippen molar-refractivity contribution in [2.24, 2.45) is 5.92 Å². The summed E-state index contributed by atoms with van der Waals surface area (Å²) < 4.78 is 0. The Balaban J connectivity index is 2.29. The van der Waals surface area contributed by atoms with Crippen molar-refractivity contribution in [3.63, 3.8) is 0 Å². The molecule has 0 aromatic carbocycles. The number of nitrogens with one attached hydrogen (secondary N) is 1. The van der Waals surface area contributed by atoms with E-state index in [4.69, 9.17) is 5.11 Å². The van der Waals surface area contributed by atoms with E-state index in [0.717, 1.165) is 32.4 Å². The summed E-state index contributed by atoms with van der Waals surface area (Å²) >= 11 is 0. The van der Waals surface area contributed by atoms with Crippen LogP contribution in [0, 0.1) is 5.92 Å². The van der Waals surface area contributed by atoms with E-state index in [2.05, 4.69) is 10.2 Å². The Morgan fingerprint density at radius 3 is 2.88 bits per heavy atom. The highest BCUT2D eigenvalue weighted by atomic mass is 16.4. The minimum absolute atomic E-state index is 0.0267. The van der Waals surface area contributed by atoms with Crippen molar-refractivity contribution in [2.75, 3.05) is 26.7 Å². The molecular formula is C11H20N2O3. The number of carbonyl (C=O) groups excluding carboxylic acids is 1. The van der Waals surface area contributed by atoms with Crippen LogP contribution in [-0.2, 0) is 9.59 Å². The first kappa shape index (κ1) is 13.0. The number of hydrogen-bond donors (Lipinski definition) is 2. The van der Waals surface area contributed by atoms with Gasteiger partial charge in [-0.15, -0.1) is 0 Å². The van der Waals surface area contributed by atoms with E-state index < -0.39 is 5.97 Å². The first-order valence-electron chi connectivity index (χ1n) is 5.76. The molecule has 5 heteroatoms. The summed E-state index contributed by atoms with van der Waals surface area (Å²) in [4.78, 5) is 23.8. The van der Waals surface area contributed by atoms with Crippen LogP contribution in [-0.4, -0.2) is 48.6 Å². The fourth-order valence-electron chi connectivity index (χ4n) is 2.14. The van der Waals surface area contributed by atoms with Crippen molar-refractivity contribution in [1.82, 2.24) is 10.2 Å². The Bertz CT molecular complexity index is 256. The predicted octanol–water partition coefficient (Wildman–Crippen LogP) is 0.309. The largest absolute Gasteiger partial charge is 0.481 e. The number of amides is 1. The smallest absolute Gasteiger partial charge is 0.303 e. The van der Waals surface area contributed by atoms with Gasteiger partial charge in [-0.05, 0) is 31.7 Å². The Labute approximate surface area is 95.8 Å². The molecule has 16 heavy (non-hydrogen) atoms. The average molecular weight is 228 g/mol. The average Bonchev–Trinajstić information content (AvgIpc) is 2.26. The minimum Gasteiger partial charge on any atom is -0.481 e. The summed E-state index contributed by atoms with van der Waals surface area (Å²) in [5, 5.41) is 11.2. The van der Waals surface area contributed by atoms with Crippen LogP contribution in [0.1, 0.15) is 25.7 Å². The second-order valence-electron chi connectivity index (χ2n) is 4.35. The van der Waals surface area contributed by atoms with Crippen LogP contribution in [0.4, 0.5) is 0 Å². The van der Waals surface area contributed by atoms with Crippen LogP contribution in [0.25, 0.3) is 0 Å². The van der Waals surface area contributed by atoms with Gasteiger partial charge in [0.2, 0.25) is 5.91 Å². The summed E-state index contributed by atoms with van der Waals surface area (Å²) in [5.74, 6) is -0.281. The summed E-state index contributed by atoms with van der Waals surface area (Å²) in [6.45, 7) is 2.22. The molecule has 0 spiro atoms. The molecule has 0 bridgehead atoms.